The molecule has 19 heavy (non-hydrogen) atoms. The van der Waals surface area contributed by atoms with Crippen molar-refractivity contribution in [3.8, 4) is 0 Å². The van der Waals surface area contributed by atoms with Crippen LogP contribution in [0.3, 0.4) is 0 Å². The second kappa shape index (κ2) is 5.47. The van der Waals surface area contributed by atoms with Crippen molar-refractivity contribution in [1.82, 2.24) is 14.5 Å². The normalized spacial score (nSPS) is 16.5. The summed E-state index contributed by atoms with van der Waals surface area (Å²) in [5, 5.41) is 0. The molecule has 2 heterocycles. The van der Waals surface area contributed by atoms with Crippen LogP contribution in [-0.4, -0.2) is 27.5 Å². The van der Waals surface area contributed by atoms with Gasteiger partial charge in [-0.25, -0.2) is 4.98 Å². The van der Waals surface area contributed by atoms with Crippen molar-refractivity contribution >= 4 is 15.9 Å². The van der Waals surface area contributed by atoms with Gasteiger partial charge in [-0.05, 0) is 30.0 Å². The van der Waals surface area contributed by atoms with Gasteiger partial charge in [0.15, 0.2) is 0 Å². The van der Waals surface area contributed by atoms with E-state index in [-0.39, 0.29) is 0 Å². The molecule has 0 unspecified atom stereocenters. The lowest BCUT2D eigenvalue weighted by atomic mass is 9.92. The summed E-state index contributed by atoms with van der Waals surface area (Å²) in [4.78, 5) is 6.65. The van der Waals surface area contributed by atoms with Crippen LogP contribution in [0.1, 0.15) is 11.3 Å². The molecule has 0 bridgehead atoms. The van der Waals surface area contributed by atoms with Crippen molar-refractivity contribution in [2.24, 2.45) is 13.0 Å². The maximum absolute atomic E-state index is 4.16. The number of rotatable bonds is 4. The maximum Gasteiger partial charge on any atom is 0.0945 e. The lowest BCUT2D eigenvalue weighted by molar-refractivity contribution is 0.0902. The minimum Gasteiger partial charge on any atom is -0.337 e. The van der Waals surface area contributed by atoms with Crippen LogP contribution in [0.25, 0.3) is 0 Å². The molecule has 3 nitrogen and oxygen atoms in total. The van der Waals surface area contributed by atoms with Crippen LogP contribution in [0, 0.1) is 5.92 Å². The topological polar surface area (TPSA) is 21.1 Å². The number of imidazole rings is 1. The largest absolute Gasteiger partial charge is 0.337 e. The number of hydrogen-bond donors (Lipinski definition) is 0. The Morgan fingerprint density at radius 3 is 2.89 bits per heavy atom. The van der Waals surface area contributed by atoms with E-state index in [2.05, 4.69) is 61.7 Å². The highest BCUT2D eigenvalue weighted by Crippen LogP contribution is 2.23. The third-order valence-corrected chi connectivity index (χ3v) is 4.24. The van der Waals surface area contributed by atoms with Gasteiger partial charge in [-0.2, -0.15) is 0 Å². The van der Waals surface area contributed by atoms with Crippen molar-refractivity contribution in [2.75, 3.05) is 13.1 Å². The SMILES string of the molecule is Cn1cncc1CN1CC(Cc2cccc(Br)c2)C1. The summed E-state index contributed by atoms with van der Waals surface area (Å²) in [5.41, 5.74) is 2.72. The fourth-order valence-electron chi connectivity index (χ4n) is 2.70. The van der Waals surface area contributed by atoms with Crippen molar-refractivity contribution in [3.63, 3.8) is 0 Å². The zero-order chi connectivity index (χ0) is 13.2. The molecule has 0 N–H and O–H groups in total. The summed E-state index contributed by atoms with van der Waals surface area (Å²) in [6, 6.07) is 8.64. The van der Waals surface area contributed by atoms with Crippen molar-refractivity contribution in [3.05, 3.63) is 52.5 Å². The second-order valence-corrected chi connectivity index (χ2v) is 6.31. The number of hydrogen-bond acceptors (Lipinski definition) is 2. The minimum atomic E-state index is 0.794. The van der Waals surface area contributed by atoms with E-state index in [9.17, 15) is 0 Å². The first kappa shape index (κ1) is 12.9. The molecule has 1 aliphatic heterocycles. The number of likely N-dealkylation sites (tertiary alicyclic amines) is 1. The highest BCUT2D eigenvalue weighted by Gasteiger charge is 2.27. The Balaban J connectivity index is 1.49. The number of nitrogens with zero attached hydrogens (tertiary/aromatic N) is 3. The first-order chi connectivity index (χ1) is 9.20. The van der Waals surface area contributed by atoms with E-state index in [4.69, 9.17) is 0 Å². The van der Waals surface area contributed by atoms with Gasteiger partial charge in [0.2, 0.25) is 0 Å². The van der Waals surface area contributed by atoms with E-state index >= 15 is 0 Å². The highest BCUT2D eigenvalue weighted by molar-refractivity contribution is 9.10. The van der Waals surface area contributed by atoms with E-state index in [1.54, 1.807) is 0 Å². The first-order valence-corrected chi connectivity index (χ1v) is 7.42. The fourth-order valence-corrected chi connectivity index (χ4v) is 3.14. The smallest absolute Gasteiger partial charge is 0.0945 e. The van der Waals surface area contributed by atoms with Gasteiger partial charge in [0.05, 0.1) is 12.0 Å². The van der Waals surface area contributed by atoms with E-state index in [0.717, 1.165) is 12.5 Å². The van der Waals surface area contributed by atoms with Crippen LogP contribution in [0.4, 0.5) is 0 Å². The van der Waals surface area contributed by atoms with E-state index in [0.29, 0.717) is 0 Å². The van der Waals surface area contributed by atoms with E-state index in [1.807, 2.05) is 12.5 Å². The third kappa shape index (κ3) is 3.07. The zero-order valence-electron chi connectivity index (χ0n) is 11.1. The predicted molar refractivity (Wildman–Crippen MR) is 79.8 cm³/mol. The molecule has 2 aromatic rings. The molecule has 0 saturated carbocycles. The Kier molecular flexibility index (Phi) is 3.71. The minimum absolute atomic E-state index is 0.794. The molecule has 1 fully saturated rings. The molecule has 0 amide bonds. The molecule has 0 atom stereocenters. The Morgan fingerprint density at radius 1 is 1.37 bits per heavy atom. The summed E-state index contributed by atoms with van der Waals surface area (Å²) < 4.78 is 3.28. The first-order valence-electron chi connectivity index (χ1n) is 6.62. The zero-order valence-corrected chi connectivity index (χ0v) is 12.7. The quantitative estimate of drug-likeness (QED) is 0.864. The molecule has 100 valence electrons. The summed E-state index contributed by atoms with van der Waals surface area (Å²) in [7, 11) is 2.06. The number of aryl methyl sites for hydroxylation is 1. The van der Waals surface area contributed by atoms with Gasteiger partial charge in [0.1, 0.15) is 0 Å². The van der Waals surface area contributed by atoms with Crippen molar-refractivity contribution in [1.29, 1.82) is 0 Å². The molecule has 1 saturated heterocycles. The van der Waals surface area contributed by atoms with E-state index in [1.165, 1.54) is 35.2 Å². The fraction of sp³-hybridized carbons (Fsp3) is 0.400. The van der Waals surface area contributed by atoms with Gasteiger partial charge >= 0.3 is 0 Å². The average molecular weight is 320 g/mol. The molecule has 1 aliphatic rings. The Bertz CT molecular complexity index is 558. The van der Waals surface area contributed by atoms with E-state index < -0.39 is 0 Å². The monoisotopic (exact) mass is 319 g/mol. The van der Waals surface area contributed by atoms with Crippen LogP contribution in [-0.2, 0) is 20.0 Å². The average Bonchev–Trinajstić information content (AvgIpc) is 2.72. The van der Waals surface area contributed by atoms with Crippen molar-refractivity contribution < 1.29 is 0 Å². The molecule has 1 aromatic heterocycles. The van der Waals surface area contributed by atoms with Crippen molar-refractivity contribution in [2.45, 2.75) is 13.0 Å². The summed E-state index contributed by atoms with van der Waals surface area (Å²) in [6.07, 6.45) is 5.01. The van der Waals surface area contributed by atoms with Crippen LogP contribution < -0.4 is 0 Å². The maximum atomic E-state index is 4.16. The molecular formula is C15H18BrN3. The number of aromatic nitrogens is 2. The molecule has 4 heteroatoms. The number of halogens is 1. The van der Waals surface area contributed by atoms with Gasteiger partial charge in [-0.15, -0.1) is 0 Å². The van der Waals surface area contributed by atoms with Gasteiger partial charge in [-0.3, -0.25) is 4.90 Å². The summed E-state index contributed by atoms with van der Waals surface area (Å²) >= 11 is 3.53. The predicted octanol–water partition coefficient (Wildman–Crippen LogP) is 2.86. The Labute approximate surface area is 122 Å². The Hall–Kier alpha value is -1.13. The van der Waals surface area contributed by atoms with Crippen LogP contribution >= 0.6 is 15.9 Å². The van der Waals surface area contributed by atoms with Gasteiger partial charge < -0.3 is 4.57 Å². The van der Waals surface area contributed by atoms with Crippen LogP contribution in [0.5, 0.6) is 0 Å². The molecular weight excluding hydrogens is 302 g/mol. The molecule has 0 radical (unpaired) electrons. The highest BCUT2D eigenvalue weighted by atomic mass is 79.9. The number of benzene rings is 1. The Morgan fingerprint density at radius 2 is 2.21 bits per heavy atom. The molecule has 0 spiro atoms. The van der Waals surface area contributed by atoms with Gasteiger partial charge in [-0.1, -0.05) is 28.1 Å². The molecule has 3 rings (SSSR count). The van der Waals surface area contributed by atoms with Gasteiger partial charge in [0.25, 0.3) is 0 Å². The van der Waals surface area contributed by atoms with Gasteiger partial charge in [0, 0.05) is 37.4 Å². The van der Waals surface area contributed by atoms with Crippen LogP contribution in [0.15, 0.2) is 41.3 Å². The summed E-state index contributed by atoms with van der Waals surface area (Å²) in [6.45, 7) is 3.40. The lowest BCUT2D eigenvalue weighted by Gasteiger charge is -2.39. The molecule has 0 aliphatic carbocycles. The molecule has 1 aromatic carbocycles. The van der Waals surface area contributed by atoms with Crippen LogP contribution in [0.2, 0.25) is 0 Å². The second-order valence-electron chi connectivity index (χ2n) is 5.39. The standard InChI is InChI=1S/C15H18BrN3/c1-18-11-17-7-15(18)10-19-8-13(9-19)5-12-3-2-4-14(16)6-12/h2-4,6-7,11,13H,5,8-10H2,1H3. The summed E-state index contributed by atoms with van der Waals surface area (Å²) in [5.74, 6) is 0.794. The third-order valence-electron chi connectivity index (χ3n) is 3.75. The lowest BCUT2D eigenvalue weighted by Crippen LogP contribution is -2.47.